The number of nitrogens with zero attached hydrogens (tertiary/aromatic N) is 7. The number of pyridine rings is 2. The van der Waals surface area contributed by atoms with E-state index in [1.54, 1.807) is 10.9 Å². The van der Waals surface area contributed by atoms with Crippen molar-refractivity contribution in [3.05, 3.63) is 83.1 Å². The molecule has 0 amide bonds. The van der Waals surface area contributed by atoms with Crippen molar-refractivity contribution in [2.24, 2.45) is 0 Å². The third-order valence-corrected chi connectivity index (χ3v) is 6.41. The predicted molar refractivity (Wildman–Crippen MR) is 131 cm³/mol. The summed E-state index contributed by atoms with van der Waals surface area (Å²) >= 11 is 0. The highest BCUT2D eigenvalue weighted by molar-refractivity contribution is 5.84. The van der Waals surface area contributed by atoms with E-state index in [1.807, 2.05) is 64.8 Å². The first-order valence-corrected chi connectivity index (χ1v) is 11.6. The molecule has 1 aromatic carbocycles. The molecule has 0 spiro atoms. The zero-order valence-corrected chi connectivity index (χ0v) is 19.4. The minimum atomic E-state index is -0.102. The molecule has 0 radical (unpaired) electrons. The molecule has 1 saturated carbocycles. The summed E-state index contributed by atoms with van der Waals surface area (Å²) in [5.74, 6) is 1.82. The Morgan fingerprint density at radius 1 is 1.06 bits per heavy atom. The topological polar surface area (TPSA) is 83.4 Å². The number of fused-ring (bicyclic) bond motifs is 1. The second kappa shape index (κ2) is 7.76. The Bertz CT molecular complexity index is 1590. The fourth-order valence-electron chi connectivity index (χ4n) is 4.42. The molecule has 0 N–H and O–H groups in total. The van der Waals surface area contributed by atoms with Crippen molar-refractivity contribution < 1.29 is 0 Å². The van der Waals surface area contributed by atoms with Crippen molar-refractivity contribution in [2.75, 3.05) is 0 Å². The van der Waals surface area contributed by atoms with Crippen LogP contribution in [0.2, 0.25) is 0 Å². The van der Waals surface area contributed by atoms with Crippen LogP contribution in [-0.4, -0.2) is 33.9 Å². The maximum absolute atomic E-state index is 13.7. The van der Waals surface area contributed by atoms with Crippen LogP contribution < -0.4 is 5.56 Å². The second-order valence-electron chi connectivity index (χ2n) is 9.21. The van der Waals surface area contributed by atoms with Gasteiger partial charge in [-0.3, -0.25) is 9.36 Å². The Morgan fingerprint density at radius 2 is 1.91 bits per heavy atom. The number of benzene rings is 1. The Morgan fingerprint density at radius 3 is 2.71 bits per heavy atom. The van der Waals surface area contributed by atoms with E-state index in [-0.39, 0.29) is 11.6 Å². The predicted octanol–water partition coefficient (Wildman–Crippen LogP) is 4.60. The fraction of sp³-hybridized carbons (Fsp3) is 0.269. The molecule has 0 unspecified atom stereocenters. The lowest BCUT2D eigenvalue weighted by atomic mass is 10.1. The standard InChI is InChI=1S/C26H25N7O/c1-16(2)32-15-28-30-25(32)22-5-4-6-24(29-22)33-17(3)11-19-9-10-20(12-21(19)26(33)34)31-13-23(27-14-31)18-7-8-18/h4-6,9-16,18H,7-8H2,1-3H3. The molecule has 170 valence electrons. The summed E-state index contributed by atoms with van der Waals surface area (Å²) in [7, 11) is 0. The zero-order valence-electron chi connectivity index (χ0n) is 19.4. The lowest BCUT2D eigenvalue weighted by molar-refractivity contribution is 0.603. The first-order chi connectivity index (χ1) is 16.5. The van der Waals surface area contributed by atoms with Gasteiger partial charge in [0.1, 0.15) is 17.8 Å². The van der Waals surface area contributed by atoms with Crippen LogP contribution in [0.1, 0.15) is 50.0 Å². The summed E-state index contributed by atoms with van der Waals surface area (Å²) in [4.78, 5) is 23.0. The van der Waals surface area contributed by atoms with Crippen molar-refractivity contribution in [1.82, 2.24) is 33.9 Å². The van der Waals surface area contributed by atoms with Crippen molar-refractivity contribution in [3.8, 4) is 23.0 Å². The van der Waals surface area contributed by atoms with Crippen molar-refractivity contribution in [2.45, 2.75) is 45.6 Å². The molecule has 8 nitrogen and oxygen atoms in total. The minimum Gasteiger partial charge on any atom is -0.310 e. The van der Waals surface area contributed by atoms with E-state index >= 15 is 0 Å². The summed E-state index contributed by atoms with van der Waals surface area (Å²) in [5.41, 5.74) is 3.44. The van der Waals surface area contributed by atoms with Gasteiger partial charge in [-0.05, 0) is 69.3 Å². The minimum absolute atomic E-state index is 0.102. The van der Waals surface area contributed by atoms with Gasteiger partial charge < -0.3 is 9.13 Å². The number of imidazole rings is 1. The number of hydrogen-bond acceptors (Lipinski definition) is 5. The highest BCUT2D eigenvalue weighted by Crippen LogP contribution is 2.39. The zero-order chi connectivity index (χ0) is 23.4. The Labute approximate surface area is 196 Å². The monoisotopic (exact) mass is 451 g/mol. The number of hydrogen-bond donors (Lipinski definition) is 0. The molecule has 4 heterocycles. The van der Waals surface area contributed by atoms with Crippen LogP contribution in [0, 0.1) is 6.92 Å². The third kappa shape index (κ3) is 3.42. The van der Waals surface area contributed by atoms with E-state index in [2.05, 4.69) is 35.2 Å². The highest BCUT2D eigenvalue weighted by atomic mass is 16.1. The van der Waals surface area contributed by atoms with Gasteiger partial charge in [0.25, 0.3) is 5.56 Å². The van der Waals surface area contributed by atoms with Crippen LogP contribution in [0.5, 0.6) is 0 Å². The average molecular weight is 452 g/mol. The van der Waals surface area contributed by atoms with E-state index in [9.17, 15) is 4.79 Å². The first kappa shape index (κ1) is 20.5. The Kier molecular flexibility index (Phi) is 4.69. The molecular weight excluding hydrogens is 426 g/mol. The smallest absolute Gasteiger partial charge is 0.264 e. The Balaban J connectivity index is 1.47. The summed E-state index contributed by atoms with van der Waals surface area (Å²) in [6.07, 6.45) is 8.02. The third-order valence-electron chi connectivity index (χ3n) is 6.41. The Hall–Kier alpha value is -4.07. The first-order valence-electron chi connectivity index (χ1n) is 11.6. The van der Waals surface area contributed by atoms with Gasteiger partial charge in [0.2, 0.25) is 0 Å². The molecule has 0 bridgehead atoms. The van der Waals surface area contributed by atoms with Crippen LogP contribution in [0.25, 0.3) is 33.8 Å². The molecule has 1 aliphatic carbocycles. The van der Waals surface area contributed by atoms with Gasteiger partial charge in [0.15, 0.2) is 5.82 Å². The summed E-state index contributed by atoms with van der Waals surface area (Å²) in [6, 6.07) is 13.8. The average Bonchev–Trinajstić information content (AvgIpc) is 3.35. The van der Waals surface area contributed by atoms with Gasteiger partial charge in [-0.2, -0.15) is 0 Å². The molecule has 0 saturated heterocycles. The summed E-state index contributed by atoms with van der Waals surface area (Å²) in [5, 5.41) is 9.85. The van der Waals surface area contributed by atoms with Gasteiger partial charge in [-0.25, -0.2) is 9.97 Å². The van der Waals surface area contributed by atoms with E-state index in [1.165, 1.54) is 12.8 Å². The van der Waals surface area contributed by atoms with Gasteiger partial charge in [0.05, 0.1) is 12.0 Å². The van der Waals surface area contributed by atoms with Crippen LogP contribution in [-0.2, 0) is 0 Å². The normalized spacial score (nSPS) is 13.8. The van der Waals surface area contributed by atoms with E-state index in [4.69, 9.17) is 4.98 Å². The molecule has 1 fully saturated rings. The second-order valence-corrected chi connectivity index (χ2v) is 9.21. The largest absolute Gasteiger partial charge is 0.310 e. The number of aryl methyl sites for hydroxylation is 1. The highest BCUT2D eigenvalue weighted by Gasteiger charge is 2.25. The van der Waals surface area contributed by atoms with Crippen LogP contribution >= 0.6 is 0 Å². The maximum atomic E-state index is 13.7. The molecule has 4 aromatic heterocycles. The molecule has 0 atom stereocenters. The van der Waals surface area contributed by atoms with Gasteiger partial charge in [-0.15, -0.1) is 10.2 Å². The van der Waals surface area contributed by atoms with Crippen LogP contribution in [0.3, 0.4) is 0 Å². The molecule has 1 aliphatic rings. The quantitative estimate of drug-likeness (QED) is 0.390. The fourth-order valence-corrected chi connectivity index (χ4v) is 4.42. The van der Waals surface area contributed by atoms with Crippen molar-refractivity contribution >= 4 is 10.8 Å². The van der Waals surface area contributed by atoms with E-state index in [0.717, 1.165) is 22.5 Å². The molecule has 34 heavy (non-hydrogen) atoms. The van der Waals surface area contributed by atoms with Crippen LogP contribution in [0.4, 0.5) is 0 Å². The molecule has 6 rings (SSSR count). The lowest BCUT2D eigenvalue weighted by Crippen LogP contribution is -2.22. The van der Waals surface area contributed by atoms with Gasteiger partial charge >= 0.3 is 0 Å². The number of rotatable bonds is 5. The van der Waals surface area contributed by atoms with Gasteiger partial charge in [-0.1, -0.05) is 12.1 Å². The van der Waals surface area contributed by atoms with Crippen molar-refractivity contribution in [3.63, 3.8) is 0 Å². The molecule has 0 aliphatic heterocycles. The van der Waals surface area contributed by atoms with Crippen molar-refractivity contribution in [1.29, 1.82) is 0 Å². The van der Waals surface area contributed by atoms with E-state index in [0.29, 0.717) is 28.6 Å². The lowest BCUT2D eigenvalue weighted by Gasteiger charge is -2.14. The van der Waals surface area contributed by atoms with Crippen LogP contribution in [0.15, 0.2) is 66.1 Å². The molecule has 5 aromatic rings. The number of aromatic nitrogens is 7. The molecular formula is C26H25N7O. The van der Waals surface area contributed by atoms with E-state index < -0.39 is 0 Å². The summed E-state index contributed by atoms with van der Waals surface area (Å²) in [6.45, 7) is 6.07. The summed E-state index contributed by atoms with van der Waals surface area (Å²) < 4.78 is 5.62. The van der Waals surface area contributed by atoms with Gasteiger partial charge in [0, 0.05) is 34.9 Å². The molecule has 8 heteroatoms. The SMILES string of the molecule is Cc1cc2ccc(-n3cnc(C4CC4)c3)cc2c(=O)n1-c1cccc(-c2nncn2C(C)C)n1. The maximum Gasteiger partial charge on any atom is 0.264 e.